The predicted octanol–water partition coefficient (Wildman–Crippen LogP) is 4.78. The average molecular weight is 417 g/mol. The normalized spacial score (nSPS) is 16.6. The molecule has 0 saturated heterocycles. The third-order valence-electron chi connectivity index (χ3n) is 5.58. The van der Waals surface area contributed by atoms with Crippen molar-refractivity contribution in [3.8, 4) is 11.3 Å². The van der Waals surface area contributed by atoms with Crippen molar-refractivity contribution in [2.45, 2.75) is 19.2 Å². The number of halogens is 2. The zero-order valence-corrected chi connectivity index (χ0v) is 16.5. The lowest BCUT2D eigenvalue weighted by molar-refractivity contribution is -0.000243. The molecule has 0 fully saturated rings. The van der Waals surface area contributed by atoms with E-state index in [9.17, 15) is 18.7 Å². The highest BCUT2D eigenvalue weighted by molar-refractivity contribution is 5.99. The van der Waals surface area contributed by atoms with Crippen LogP contribution in [0.15, 0.2) is 66.9 Å². The molecule has 5 rings (SSSR count). The molecule has 7 heteroatoms. The highest BCUT2D eigenvalue weighted by atomic mass is 19.1. The summed E-state index contributed by atoms with van der Waals surface area (Å²) in [6.45, 7) is 1.75. The Morgan fingerprint density at radius 2 is 1.74 bits per heavy atom. The van der Waals surface area contributed by atoms with E-state index >= 15 is 0 Å². The molecule has 0 spiro atoms. The largest absolute Gasteiger partial charge is 0.369 e. The molecule has 31 heavy (non-hydrogen) atoms. The fraction of sp³-hybridized carbons (Fsp3) is 0.125. The molecule has 2 atom stereocenters. The minimum absolute atomic E-state index is 0.240. The number of aliphatic hydroxyl groups is 1. The number of rotatable bonds is 3. The van der Waals surface area contributed by atoms with Crippen LogP contribution >= 0.6 is 0 Å². The topological polar surface area (TPSA) is 66.3 Å². The molecule has 4 aromatic rings. The Balaban J connectivity index is 1.69. The van der Waals surface area contributed by atoms with Crippen molar-refractivity contribution < 1.29 is 18.7 Å². The predicted molar refractivity (Wildman–Crippen MR) is 111 cm³/mol. The van der Waals surface area contributed by atoms with E-state index in [1.165, 1.54) is 17.0 Å². The van der Waals surface area contributed by atoms with Gasteiger partial charge in [0.05, 0.1) is 22.8 Å². The Labute approximate surface area is 176 Å². The van der Waals surface area contributed by atoms with Crippen LogP contribution in [0.4, 0.5) is 8.78 Å². The number of aromatic nitrogens is 2. The molecule has 2 aromatic carbocycles. The molecule has 1 aliphatic heterocycles. The van der Waals surface area contributed by atoms with E-state index in [0.717, 1.165) is 6.07 Å². The second-order valence-electron chi connectivity index (χ2n) is 7.48. The van der Waals surface area contributed by atoms with E-state index in [2.05, 4.69) is 9.97 Å². The molecule has 2 unspecified atom stereocenters. The Kier molecular flexibility index (Phi) is 4.48. The number of aliphatic hydroxyl groups excluding tert-OH is 1. The van der Waals surface area contributed by atoms with Gasteiger partial charge in [0.25, 0.3) is 5.91 Å². The van der Waals surface area contributed by atoms with Gasteiger partial charge in [0, 0.05) is 34.5 Å². The van der Waals surface area contributed by atoms with Gasteiger partial charge in [-0.2, -0.15) is 0 Å². The van der Waals surface area contributed by atoms with Crippen LogP contribution in [0.5, 0.6) is 0 Å². The first kappa shape index (κ1) is 19.3. The van der Waals surface area contributed by atoms with Crippen LogP contribution in [0.1, 0.15) is 40.7 Å². The molecule has 0 saturated carbocycles. The molecule has 3 heterocycles. The average Bonchev–Trinajstić information content (AvgIpc) is 3.02. The summed E-state index contributed by atoms with van der Waals surface area (Å²) >= 11 is 0. The molecule has 0 bridgehead atoms. The van der Waals surface area contributed by atoms with E-state index in [0.29, 0.717) is 33.4 Å². The van der Waals surface area contributed by atoms with Gasteiger partial charge in [-0.25, -0.2) is 13.8 Å². The Bertz CT molecular complexity index is 1320. The van der Waals surface area contributed by atoms with E-state index < -0.39 is 23.9 Å². The minimum Gasteiger partial charge on any atom is -0.369 e. The lowest BCUT2D eigenvalue weighted by Gasteiger charge is -2.29. The number of amides is 1. The standard InChI is InChI=1S/C24H17F2N3O2/c1-13(29-23(30)17-5-2-3-6-18(17)24(29)31)19-12-21-20(7-4-8-27-21)28-22(19)14-9-15(25)11-16(26)10-14/h2-13,23,30H,1H3. The fourth-order valence-corrected chi connectivity index (χ4v) is 4.11. The third-order valence-corrected chi connectivity index (χ3v) is 5.58. The molecule has 2 aromatic heterocycles. The Morgan fingerprint density at radius 3 is 2.48 bits per heavy atom. The highest BCUT2D eigenvalue weighted by Gasteiger charge is 2.39. The van der Waals surface area contributed by atoms with Crippen LogP contribution in [0.2, 0.25) is 0 Å². The number of carbonyl (C=O) groups is 1. The Morgan fingerprint density at radius 1 is 1.00 bits per heavy atom. The van der Waals surface area contributed by atoms with Crippen molar-refractivity contribution in [3.63, 3.8) is 0 Å². The van der Waals surface area contributed by atoms with Crippen LogP contribution in [0.3, 0.4) is 0 Å². The summed E-state index contributed by atoms with van der Waals surface area (Å²) in [6.07, 6.45) is 0.473. The van der Waals surface area contributed by atoms with Crippen LogP contribution in [0.25, 0.3) is 22.3 Å². The number of hydrogen-bond acceptors (Lipinski definition) is 4. The van der Waals surface area contributed by atoms with Crippen molar-refractivity contribution in [1.29, 1.82) is 0 Å². The second kappa shape index (κ2) is 7.21. The smallest absolute Gasteiger partial charge is 0.257 e. The summed E-state index contributed by atoms with van der Waals surface area (Å²) in [6, 6.07) is 14.6. The molecular formula is C24H17F2N3O2. The van der Waals surface area contributed by atoms with Crippen LogP contribution in [0, 0.1) is 11.6 Å². The first-order valence-corrected chi connectivity index (χ1v) is 9.76. The maximum absolute atomic E-state index is 14.0. The molecule has 0 aliphatic carbocycles. The van der Waals surface area contributed by atoms with Crippen molar-refractivity contribution in [2.24, 2.45) is 0 Å². The Hall–Kier alpha value is -3.71. The van der Waals surface area contributed by atoms with Gasteiger partial charge in [0.15, 0.2) is 6.23 Å². The van der Waals surface area contributed by atoms with Crippen molar-refractivity contribution in [1.82, 2.24) is 14.9 Å². The number of pyridine rings is 2. The fourth-order valence-electron chi connectivity index (χ4n) is 4.11. The number of fused-ring (bicyclic) bond motifs is 2. The summed E-state index contributed by atoms with van der Waals surface area (Å²) in [5.41, 5.74) is 3.15. The van der Waals surface area contributed by atoms with Crippen molar-refractivity contribution in [2.75, 3.05) is 0 Å². The molecular weight excluding hydrogens is 400 g/mol. The summed E-state index contributed by atoms with van der Waals surface area (Å²) in [4.78, 5) is 23.3. The molecule has 1 amide bonds. The van der Waals surface area contributed by atoms with Gasteiger partial charge in [-0.05, 0) is 43.3 Å². The highest BCUT2D eigenvalue weighted by Crippen LogP contribution is 2.41. The summed E-state index contributed by atoms with van der Waals surface area (Å²) < 4.78 is 28.0. The lowest BCUT2D eigenvalue weighted by atomic mass is 9.98. The van der Waals surface area contributed by atoms with Crippen molar-refractivity contribution in [3.05, 3.63) is 95.2 Å². The lowest BCUT2D eigenvalue weighted by Crippen LogP contribution is -2.31. The SMILES string of the molecule is CC(c1cc2ncccc2nc1-c1cc(F)cc(F)c1)N1C(=O)c2ccccc2C1O. The van der Waals surface area contributed by atoms with E-state index in [4.69, 9.17) is 0 Å². The molecule has 0 radical (unpaired) electrons. The third kappa shape index (κ3) is 3.14. The van der Waals surface area contributed by atoms with E-state index in [1.807, 2.05) is 0 Å². The quantitative estimate of drug-likeness (QED) is 0.521. The summed E-state index contributed by atoms with van der Waals surface area (Å²) in [5.74, 6) is -1.79. The zero-order chi connectivity index (χ0) is 21.7. The van der Waals surface area contributed by atoms with Gasteiger partial charge in [-0.3, -0.25) is 9.78 Å². The zero-order valence-electron chi connectivity index (χ0n) is 16.5. The van der Waals surface area contributed by atoms with Gasteiger partial charge in [-0.15, -0.1) is 0 Å². The molecule has 1 aliphatic rings. The number of benzene rings is 2. The number of nitrogens with zero attached hydrogens (tertiary/aromatic N) is 3. The monoisotopic (exact) mass is 417 g/mol. The summed E-state index contributed by atoms with van der Waals surface area (Å²) in [5, 5.41) is 10.9. The molecule has 154 valence electrons. The van der Waals surface area contributed by atoms with Gasteiger partial charge >= 0.3 is 0 Å². The van der Waals surface area contributed by atoms with Crippen molar-refractivity contribution >= 4 is 16.9 Å². The number of carbonyl (C=O) groups excluding carboxylic acids is 1. The number of hydrogen-bond donors (Lipinski definition) is 1. The van der Waals surface area contributed by atoms with Gasteiger partial charge in [0.1, 0.15) is 11.6 Å². The second-order valence-corrected chi connectivity index (χ2v) is 7.48. The van der Waals surface area contributed by atoms with Crippen LogP contribution < -0.4 is 0 Å². The van der Waals surface area contributed by atoms with E-state index in [-0.39, 0.29) is 11.5 Å². The van der Waals surface area contributed by atoms with Crippen LogP contribution in [-0.2, 0) is 0 Å². The maximum Gasteiger partial charge on any atom is 0.257 e. The van der Waals surface area contributed by atoms with Gasteiger partial charge < -0.3 is 10.0 Å². The first-order chi connectivity index (χ1) is 14.9. The molecule has 5 nitrogen and oxygen atoms in total. The minimum atomic E-state index is -1.14. The van der Waals surface area contributed by atoms with Crippen LogP contribution in [-0.4, -0.2) is 25.9 Å². The first-order valence-electron chi connectivity index (χ1n) is 9.76. The van der Waals surface area contributed by atoms with E-state index in [1.54, 1.807) is 55.6 Å². The maximum atomic E-state index is 14.0. The summed E-state index contributed by atoms with van der Waals surface area (Å²) in [7, 11) is 0. The van der Waals surface area contributed by atoms with Gasteiger partial charge in [0.2, 0.25) is 0 Å². The van der Waals surface area contributed by atoms with Gasteiger partial charge in [-0.1, -0.05) is 18.2 Å². The molecule has 1 N–H and O–H groups in total.